The fourth-order valence-electron chi connectivity index (χ4n) is 3.82. The van der Waals surface area contributed by atoms with Crippen LogP contribution in [0.25, 0.3) is 0 Å². The Labute approximate surface area is 99.7 Å². The SMILES string of the molecule is CCOC1(OCC)CCC[C@H]2CCCC[C@@H]21. The van der Waals surface area contributed by atoms with Gasteiger partial charge < -0.3 is 9.47 Å². The lowest BCUT2D eigenvalue weighted by atomic mass is 9.67. The molecule has 0 unspecified atom stereocenters. The molecule has 2 heteroatoms. The topological polar surface area (TPSA) is 18.5 Å². The van der Waals surface area contributed by atoms with Crippen LogP contribution < -0.4 is 0 Å². The maximum atomic E-state index is 6.06. The van der Waals surface area contributed by atoms with Gasteiger partial charge in [-0.3, -0.25) is 0 Å². The van der Waals surface area contributed by atoms with E-state index in [0.29, 0.717) is 5.92 Å². The largest absolute Gasteiger partial charge is 0.350 e. The summed E-state index contributed by atoms with van der Waals surface area (Å²) in [5.41, 5.74) is 0. The zero-order chi connectivity index (χ0) is 11.4. The minimum atomic E-state index is -0.229. The second kappa shape index (κ2) is 5.50. The first kappa shape index (κ1) is 12.4. The maximum absolute atomic E-state index is 6.06. The Hall–Kier alpha value is -0.0800. The molecular formula is C14H26O2. The summed E-state index contributed by atoms with van der Waals surface area (Å²) in [4.78, 5) is 0. The highest BCUT2D eigenvalue weighted by molar-refractivity contribution is 4.91. The molecule has 0 heterocycles. The third-order valence-corrected chi connectivity index (χ3v) is 4.35. The van der Waals surface area contributed by atoms with Gasteiger partial charge in [0.05, 0.1) is 0 Å². The van der Waals surface area contributed by atoms with E-state index in [9.17, 15) is 0 Å². The van der Waals surface area contributed by atoms with Gasteiger partial charge in [-0.1, -0.05) is 12.8 Å². The van der Waals surface area contributed by atoms with E-state index in [1.165, 1.54) is 38.5 Å². The molecule has 0 aliphatic heterocycles. The normalized spacial score (nSPS) is 33.4. The van der Waals surface area contributed by atoms with Gasteiger partial charge in [0.1, 0.15) is 0 Å². The van der Waals surface area contributed by atoms with Crippen molar-refractivity contribution in [2.75, 3.05) is 13.2 Å². The summed E-state index contributed by atoms with van der Waals surface area (Å²) in [6, 6.07) is 0. The van der Waals surface area contributed by atoms with Crippen molar-refractivity contribution in [2.45, 2.75) is 64.6 Å². The van der Waals surface area contributed by atoms with E-state index < -0.39 is 0 Å². The lowest BCUT2D eigenvalue weighted by Gasteiger charge is -2.49. The van der Waals surface area contributed by atoms with E-state index in [-0.39, 0.29) is 5.79 Å². The van der Waals surface area contributed by atoms with E-state index >= 15 is 0 Å². The molecule has 2 aliphatic carbocycles. The first-order valence-corrected chi connectivity index (χ1v) is 7.10. The van der Waals surface area contributed by atoms with Gasteiger partial charge in [-0.25, -0.2) is 0 Å². The zero-order valence-electron chi connectivity index (χ0n) is 10.8. The number of rotatable bonds is 4. The Morgan fingerprint density at radius 1 is 0.938 bits per heavy atom. The van der Waals surface area contributed by atoms with Crippen molar-refractivity contribution in [1.82, 2.24) is 0 Å². The summed E-state index contributed by atoms with van der Waals surface area (Å²) >= 11 is 0. The van der Waals surface area contributed by atoms with E-state index in [1.807, 2.05) is 0 Å². The molecule has 0 aromatic carbocycles. The molecule has 2 atom stereocenters. The lowest BCUT2D eigenvalue weighted by molar-refractivity contribution is -0.291. The average molecular weight is 226 g/mol. The van der Waals surface area contributed by atoms with Gasteiger partial charge in [-0.05, 0) is 45.4 Å². The number of ether oxygens (including phenoxy) is 2. The molecule has 2 saturated carbocycles. The maximum Gasteiger partial charge on any atom is 0.171 e. The van der Waals surface area contributed by atoms with Crippen molar-refractivity contribution in [2.24, 2.45) is 11.8 Å². The van der Waals surface area contributed by atoms with Gasteiger partial charge in [0.2, 0.25) is 0 Å². The van der Waals surface area contributed by atoms with Crippen molar-refractivity contribution in [3.63, 3.8) is 0 Å². The molecule has 0 aromatic rings. The first-order chi connectivity index (χ1) is 7.82. The van der Waals surface area contributed by atoms with Crippen LogP contribution in [0.2, 0.25) is 0 Å². The monoisotopic (exact) mass is 226 g/mol. The quantitative estimate of drug-likeness (QED) is 0.680. The van der Waals surface area contributed by atoms with Crippen molar-refractivity contribution in [3.05, 3.63) is 0 Å². The van der Waals surface area contributed by atoms with E-state index in [4.69, 9.17) is 9.47 Å². The third-order valence-electron chi connectivity index (χ3n) is 4.35. The van der Waals surface area contributed by atoms with Gasteiger partial charge in [0, 0.05) is 25.6 Å². The first-order valence-electron chi connectivity index (χ1n) is 7.10. The molecular weight excluding hydrogens is 200 g/mol. The second-order valence-electron chi connectivity index (χ2n) is 5.22. The van der Waals surface area contributed by atoms with Crippen LogP contribution in [0.1, 0.15) is 58.8 Å². The molecule has 2 rings (SSSR count). The minimum Gasteiger partial charge on any atom is -0.350 e. The van der Waals surface area contributed by atoms with E-state index in [2.05, 4.69) is 13.8 Å². The molecule has 16 heavy (non-hydrogen) atoms. The van der Waals surface area contributed by atoms with Crippen LogP contribution in [0.5, 0.6) is 0 Å². The molecule has 0 saturated heterocycles. The van der Waals surface area contributed by atoms with Gasteiger partial charge in [0.25, 0.3) is 0 Å². The number of hydrogen-bond acceptors (Lipinski definition) is 2. The molecule has 0 N–H and O–H groups in total. The summed E-state index contributed by atoms with van der Waals surface area (Å²) in [5.74, 6) is 1.29. The Morgan fingerprint density at radius 2 is 1.56 bits per heavy atom. The van der Waals surface area contributed by atoms with Crippen LogP contribution in [-0.2, 0) is 9.47 Å². The predicted molar refractivity (Wildman–Crippen MR) is 65.3 cm³/mol. The molecule has 94 valence electrons. The average Bonchev–Trinajstić information content (AvgIpc) is 2.30. The third kappa shape index (κ3) is 2.28. The highest BCUT2D eigenvalue weighted by Gasteiger charge is 2.47. The van der Waals surface area contributed by atoms with Gasteiger partial charge in [0.15, 0.2) is 5.79 Å². The molecule has 2 nitrogen and oxygen atoms in total. The lowest BCUT2D eigenvalue weighted by Crippen LogP contribution is -2.50. The van der Waals surface area contributed by atoms with Crippen molar-refractivity contribution in [3.8, 4) is 0 Å². The van der Waals surface area contributed by atoms with Crippen LogP contribution in [0.4, 0.5) is 0 Å². The van der Waals surface area contributed by atoms with Crippen molar-refractivity contribution < 1.29 is 9.47 Å². The van der Waals surface area contributed by atoms with Gasteiger partial charge in [-0.2, -0.15) is 0 Å². The summed E-state index contributed by atoms with van der Waals surface area (Å²) in [5, 5.41) is 0. The zero-order valence-corrected chi connectivity index (χ0v) is 10.8. The van der Waals surface area contributed by atoms with Crippen LogP contribution >= 0.6 is 0 Å². The van der Waals surface area contributed by atoms with Crippen molar-refractivity contribution >= 4 is 0 Å². The summed E-state index contributed by atoms with van der Waals surface area (Å²) in [7, 11) is 0. The van der Waals surface area contributed by atoms with Gasteiger partial charge in [-0.15, -0.1) is 0 Å². The second-order valence-corrected chi connectivity index (χ2v) is 5.22. The van der Waals surface area contributed by atoms with Crippen molar-refractivity contribution in [1.29, 1.82) is 0 Å². The molecule has 0 bridgehead atoms. The van der Waals surface area contributed by atoms with Crippen LogP contribution in [-0.4, -0.2) is 19.0 Å². The van der Waals surface area contributed by atoms with Crippen LogP contribution in [0.3, 0.4) is 0 Å². The molecule has 0 spiro atoms. The summed E-state index contributed by atoms with van der Waals surface area (Å²) in [6.07, 6.45) is 9.26. The van der Waals surface area contributed by atoms with E-state index in [0.717, 1.165) is 25.6 Å². The molecule has 0 amide bonds. The Balaban J connectivity index is 2.13. The Bertz CT molecular complexity index is 201. The van der Waals surface area contributed by atoms with Crippen LogP contribution in [0.15, 0.2) is 0 Å². The smallest absolute Gasteiger partial charge is 0.171 e. The predicted octanol–water partition coefficient (Wildman–Crippen LogP) is 3.75. The molecule has 0 aromatic heterocycles. The fourth-order valence-corrected chi connectivity index (χ4v) is 3.82. The van der Waals surface area contributed by atoms with Gasteiger partial charge >= 0.3 is 0 Å². The molecule has 2 aliphatic rings. The highest BCUT2D eigenvalue weighted by atomic mass is 16.7. The fraction of sp³-hybridized carbons (Fsp3) is 1.00. The summed E-state index contributed by atoms with van der Waals surface area (Å²) < 4.78 is 12.1. The summed E-state index contributed by atoms with van der Waals surface area (Å²) in [6.45, 7) is 5.74. The number of hydrogen-bond donors (Lipinski definition) is 0. The molecule has 0 radical (unpaired) electrons. The Morgan fingerprint density at radius 3 is 2.25 bits per heavy atom. The van der Waals surface area contributed by atoms with Crippen LogP contribution in [0, 0.1) is 11.8 Å². The molecule has 2 fully saturated rings. The standard InChI is InChI=1S/C14H26O2/c1-3-15-14(16-4-2)11-7-9-12-8-5-6-10-13(12)14/h12-13H,3-11H2,1-2H3/t12-,13+/m1/s1. The minimum absolute atomic E-state index is 0.229. The highest BCUT2D eigenvalue weighted by Crippen LogP contribution is 2.48. The Kier molecular flexibility index (Phi) is 4.26. The number of fused-ring (bicyclic) bond motifs is 1. The van der Waals surface area contributed by atoms with E-state index in [1.54, 1.807) is 0 Å².